The molecule has 35 heavy (non-hydrogen) atoms. The van der Waals surface area contributed by atoms with E-state index in [2.05, 4.69) is 15.6 Å². The second-order valence-electron chi connectivity index (χ2n) is 8.88. The smallest absolute Gasteiger partial charge is 0.326 e. The highest BCUT2D eigenvalue weighted by Gasteiger charge is 2.38. The molecule has 11 N–H and O–H groups in total. The van der Waals surface area contributed by atoms with Gasteiger partial charge in [0.15, 0.2) is 5.96 Å². The fourth-order valence-corrected chi connectivity index (χ4v) is 3.75. The summed E-state index contributed by atoms with van der Waals surface area (Å²) in [6.07, 6.45) is 1.40. The molecular formula is C21H38N8O6. The van der Waals surface area contributed by atoms with E-state index in [1.807, 2.05) is 0 Å². The van der Waals surface area contributed by atoms with Gasteiger partial charge in [0.25, 0.3) is 0 Å². The van der Waals surface area contributed by atoms with Crippen molar-refractivity contribution in [1.29, 1.82) is 0 Å². The van der Waals surface area contributed by atoms with Crippen LogP contribution in [-0.4, -0.2) is 82.8 Å². The van der Waals surface area contributed by atoms with Crippen LogP contribution in [0.4, 0.5) is 0 Å². The molecule has 4 amide bonds. The summed E-state index contributed by atoms with van der Waals surface area (Å²) >= 11 is 0. The zero-order valence-corrected chi connectivity index (χ0v) is 20.2. The Labute approximate surface area is 204 Å². The summed E-state index contributed by atoms with van der Waals surface area (Å²) < 4.78 is 0. The first-order valence-electron chi connectivity index (χ1n) is 11.6. The molecule has 4 atom stereocenters. The van der Waals surface area contributed by atoms with E-state index < -0.39 is 59.7 Å². The van der Waals surface area contributed by atoms with E-state index in [1.165, 1.54) is 4.90 Å². The van der Waals surface area contributed by atoms with Gasteiger partial charge in [-0.2, -0.15) is 0 Å². The molecule has 0 aliphatic carbocycles. The number of primary amides is 1. The van der Waals surface area contributed by atoms with Crippen molar-refractivity contribution in [2.75, 3.05) is 13.1 Å². The molecule has 1 aliphatic heterocycles. The van der Waals surface area contributed by atoms with E-state index >= 15 is 0 Å². The second-order valence-corrected chi connectivity index (χ2v) is 8.88. The third kappa shape index (κ3) is 9.76. The van der Waals surface area contributed by atoms with Crippen LogP contribution in [0.5, 0.6) is 0 Å². The number of likely N-dealkylation sites (tertiary alicyclic amines) is 1. The molecular weight excluding hydrogens is 460 g/mol. The van der Waals surface area contributed by atoms with Crippen molar-refractivity contribution in [3.05, 3.63) is 0 Å². The summed E-state index contributed by atoms with van der Waals surface area (Å²) in [6, 6.07) is -4.09. The molecule has 1 saturated heterocycles. The normalized spacial score (nSPS) is 17.8. The number of aliphatic carboxylic acids is 1. The van der Waals surface area contributed by atoms with Gasteiger partial charge in [-0.05, 0) is 38.0 Å². The number of hydrogen-bond donors (Lipinski definition) is 7. The third-order valence-electron chi connectivity index (χ3n) is 5.67. The minimum Gasteiger partial charge on any atom is -0.480 e. The highest BCUT2D eigenvalue weighted by atomic mass is 16.4. The number of nitrogens with zero attached hydrogens (tertiary/aromatic N) is 2. The van der Waals surface area contributed by atoms with Gasteiger partial charge in [0.2, 0.25) is 23.6 Å². The molecule has 0 aromatic rings. The van der Waals surface area contributed by atoms with Gasteiger partial charge in [0, 0.05) is 19.5 Å². The minimum absolute atomic E-state index is 0.0563. The Bertz CT molecular complexity index is 814. The number of hydrogen-bond acceptors (Lipinski definition) is 7. The van der Waals surface area contributed by atoms with Crippen molar-refractivity contribution in [2.45, 2.75) is 76.5 Å². The molecule has 14 heteroatoms. The van der Waals surface area contributed by atoms with Crippen molar-refractivity contribution in [3.63, 3.8) is 0 Å². The summed E-state index contributed by atoms with van der Waals surface area (Å²) in [7, 11) is 0. The highest BCUT2D eigenvalue weighted by molar-refractivity contribution is 5.94. The monoisotopic (exact) mass is 498 g/mol. The predicted octanol–water partition coefficient (Wildman–Crippen LogP) is -2.67. The summed E-state index contributed by atoms with van der Waals surface area (Å²) in [5.74, 6) is -4.14. The van der Waals surface area contributed by atoms with Crippen LogP contribution >= 0.6 is 0 Å². The lowest BCUT2D eigenvalue weighted by Gasteiger charge is -2.29. The second kappa shape index (κ2) is 14.1. The molecule has 1 heterocycles. The van der Waals surface area contributed by atoms with E-state index in [0.717, 1.165) is 0 Å². The number of nitrogens with two attached hydrogens (primary N) is 4. The van der Waals surface area contributed by atoms with Gasteiger partial charge < -0.3 is 43.6 Å². The molecule has 1 fully saturated rings. The first-order valence-corrected chi connectivity index (χ1v) is 11.6. The maximum absolute atomic E-state index is 13.0. The van der Waals surface area contributed by atoms with E-state index in [9.17, 15) is 29.1 Å². The van der Waals surface area contributed by atoms with E-state index in [4.69, 9.17) is 22.9 Å². The fraction of sp³-hybridized carbons (Fsp3) is 0.714. The Balaban J connectivity index is 2.87. The van der Waals surface area contributed by atoms with E-state index in [0.29, 0.717) is 38.8 Å². The van der Waals surface area contributed by atoms with Crippen LogP contribution in [0.2, 0.25) is 0 Å². The molecule has 198 valence electrons. The average Bonchev–Trinajstić information content (AvgIpc) is 3.26. The van der Waals surface area contributed by atoms with Gasteiger partial charge in [-0.3, -0.25) is 24.2 Å². The van der Waals surface area contributed by atoms with Crippen LogP contribution in [0.25, 0.3) is 0 Å². The minimum atomic E-state index is -1.23. The SMILES string of the molecule is CC(C)C(NC(=O)C(CCC(N)=O)NC(=O)C1CCCN1C(=O)C(N)CCCN=C(N)N)C(=O)O. The molecule has 0 saturated carbocycles. The number of nitrogens with one attached hydrogen (secondary N) is 2. The maximum atomic E-state index is 13.0. The average molecular weight is 499 g/mol. The standard InChI is InChI=1S/C21H38N8O6/c1-11(2)16(20(34)35)28-17(31)13(7-8-15(23)30)27-18(32)14-6-4-10-29(14)19(33)12(22)5-3-9-26-21(24)25/h11-14,16H,3-10,22H2,1-2H3,(H2,23,30)(H,27,32)(H,28,31)(H,34,35)(H4,24,25,26). The van der Waals surface area contributed by atoms with Gasteiger partial charge >= 0.3 is 5.97 Å². The number of carbonyl (C=O) groups is 5. The van der Waals surface area contributed by atoms with Gasteiger partial charge in [-0.1, -0.05) is 13.8 Å². The molecule has 1 rings (SSSR count). The molecule has 0 spiro atoms. The predicted molar refractivity (Wildman–Crippen MR) is 127 cm³/mol. The molecule has 0 bridgehead atoms. The van der Waals surface area contributed by atoms with Crippen LogP contribution in [0.3, 0.4) is 0 Å². The maximum Gasteiger partial charge on any atom is 0.326 e. The number of aliphatic imine (C=N–C) groups is 1. The first-order chi connectivity index (χ1) is 16.3. The number of carboxylic acids is 1. The number of guanidine groups is 1. The topological polar surface area (TPSA) is 249 Å². The van der Waals surface area contributed by atoms with E-state index in [-0.39, 0.29) is 18.8 Å². The van der Waals surface area contributed by atoms with Crippen molar-refractivity contribution in [3.8, 4) is 0 Å². The third-order valence-corrected chi connectivity index (χ3v) is 5.67. The van der Waals surface area contributed by atoms with Crippen LogP contribution in [0.1, 0.15) is 52.4 Å². The Hall–Kier alpha value is -3.42. The van der Waals surface area contributed by atoms with E-state index in [1.54, 1.807) is 13.8 Å². The summed E-state index contributed by atoms with van der Waals surface area (Å²) in [5, 5.41) is 14.3. The zero-order valence-electron chi connectivity index (χ0n) is 20.2. The molecule has 1 aliphatic rings. The Morgan fingerprint density at radius 1 is 1.09 bits per heavy atom. The first kappa shape index (κ1) is 29.6. The highest BCUT2D eigenvalue weighted by Crippen LogP contribution is 2.20. The number of carboxylic acid groups (broad SMARTS) is 1. The molecule has 4 unspecified atom stereocenters. The number of carbonyl (C=O) groups excluding carboxylic acids is 4. The molecule has 0 aromatic carbocycles. The Kier molecular flexibility index (Phi) is 11.9. The van der Waals surface area contributed by atoms with Gasteiger partial charge in [0.1, 0.15) is 18.1 Å². The van der Waals surface area contributed by atoms with Crippen LogP contribution in [0, 0.1) is 5.92 Å². The molecule has 0 radical (unpaired) electrons. The Morgan fingerprint density at radius 2 is 1.74 bits per heavy atom. The van der Waals surface area contributed by atoms with Crippen molar-refractivity contribution in [2.24, 2.45) is 33.8 Å². The summed E-state index contributed by atoms with van der Waals surface area (Å²) in [6.45, 7) is 3.89. The lowest BCUT2D eigenvalue weighted by Crippen LogP contribution is -2.57. The zero-order chi connectivity index (χ0) is 26.7. The van der Waals surface area contributed by atoms with Gasteiger partial charge in [0.05, 0.1) is 6.04 Å². The van der Waals surface area contributed by atoms with Gasteiger partial charge in [-0.25, -0.2) is 4.79 Å². The lowest BCUT2D eigenvalue weighted by molar-refractivity contribution is -0.144. The Morgan fingerprint density at radius 3 is 2.29 bits per heavy atom. The summed E-state index contributed by atoms with van der Waals surface area (Å²) in [5.41, 5.74) is 21.7. The molecule has 14 nitrogen and oxygen atoms in total. The van der Waals surface area contributed by atoms with Crippen molar-refractivity contribution < 1.29 is 29.1 Å². The van der Waals surface area contributed by atoms with Crippen LogP contribution < -0.4 is 33.6 Å². The lowest BCUT2D eigenvalue weighted by atomic mass is 10.0. The van der Waals surface area contributed by atoms with Gasteiger partial charge in [-0.15, -0.1) is 0 Å². The van der Waals surface area contributed by atoms with Crippen molar-refractivity contribution in [1.82, 2.24) is 15.5 Å². The quantitative estimate of drug-likeness (QED) is 0.0748. The van der Waals surface area contributed by atoms with Crippen LogP contribution in [0.15, 0.2) is 4.99 Å². The summed E-state index contributed by atoms with van der Waals surface area (Å²) in [4.78, 5) is 66.6. The fourth-order valence-electron chi connectivity index (χ4n) is 3.75. The van der Waals surface area contributed by atoms with Crippen LogP contribution in [-0.2, 0) is 24.0 Å². The number of amides is 4. The molecule has 0 aromatic heterocycles. The largest absolute Gasteiger partial charge is 0.480 e. The number of rotatable bonds is 14. The van der Waals surface area contributed by atoms with Crippen molar-refractivity contribution >= 4 is 35.6 Å².